The second kappa shape index (κ2) is 8.70. The second-order valence-corrected chi connectivity index (χ2v) is 7.39. The average Bonchev–Trinajstić information content (AvgIpc) is 2.63. The number of aromatic amines is 1. The Balaban J connectivity index is 1.49. The quantitative estimate of drug-likeness (QED) is 0.706. The van der Waals surface area contributed by atoms with Crippen LogP contribution >= 0.6 is 11.6 Å². The van der Waals surface area contributed by atoms with Crippen molar-refractivity contribution in [2.45, 2.75) is 19.4 Å². The monoisotopic (exact) mass is 410 g/mol. The van der Waals surface area contributed by atoms with Gasteiger partial charge in [-0.05, 0) is 55.6 Å². The van der Waals surface area contributed by atoms with E-state index in [4.69, 9.17) is 17.3 Å². The van der Waals surface area contributed by atoms with E-state index in [1.54, 1.807) is 0 Å². The molecule has 0 spiro atoms. The van der Waals surface area contributed by atoms with Crippen LogP contribution in [0.1, 0.15) is 28.8 Å². The zero-order valence-corrected chi connectivity index (χ0v) is 15.9. The molecule has 6 nitrogen and oxygen atoms in total. The minimum atomic E-state index is -0.587. The van der Waals surface area contributed by atoms with E-state index in [1.807, 2.05) is 0 Å². The zero-order chi connectivity index (χ0) is 20.3. The summed E-state index contributed by atoms with van der Waals surface area (Å²) in [6, 6.07) is 4.79. The van der Waals surface area contributed by atoms with Crippen molar-refractivity contribution in [3.63, 3.8) is 0 Å². The summed E-state index contributed by atoms with van der Waals surface area (Å²) in [6.07, 6.45) is 1.66. The summed E-state index contributed by atoms with van der Waals surface area (Å²) in [5.74, 6) is -1.38. The molecule has 1 aliphatic rings. The number of piperidine rings is 1. The molecule has 2 heterocycles. The number of pyridine rings is 1. The fourth-order valence-corrected chi connectivity index (χ4v) is 3.49. The molecule has 3 rings (SSSR count). The van der Waals surface area contributed by atoms with Gasteiger partial charge in [-0.25, -0.2) is 8.78 Å². The summed E-state index contributed by atoms with van der Waals surface area (Å²) < 4.78 is 26.6. The highest BCUT2D eigenvalue weighted by Gasteiger charge is 2.21. The van der Waals surface area contributed by atoms with E-state index in [0.717, 1.165) is 32.0 Å². The van der Waals surface area contributed by atoms with Gasteiger partial charge in [-0.1, -0.05) is 11.6 Å². The lowest BCUT2D eigenvalue weighted by molar-refractivity contribution is 0.0933. The van der Waals surface area contributed by atoms with Crippen molar-refractivity contribution >= 4 is 23.3 Å². The van der Waals surface area contributed by atoms with Gasteiger partial charge in [-0.15, -0.1) is 0 Å². The van der Waals surface area contributed by atoms with Crippen LogP contribution in [0.4, 0.5) is 14.6 Å². The molecule has 0 bridgehead atoms. The first-order valence-electron chi connectivity index (χ1n) is 8.95. The van der Waals surface area contributed by atoms with Crippen molar-refractivity contribution in [1.29, 1.82) is 0 Å². The fraction of sp³-hybridized carbons (Fsp3) is 0.368. The number of hydrogen-bond donors (Lipinski definition) is 3. The Morgan fingerprint density at radius 3 is 2.50 bits per heavy atom. The molecule has 0 radical (unpaired) electrons. The Morgan fingerprint density at radius 1 is 1.21 bits per heavy atom. The largest absolute Gasteiger partial charge is 0.384 e. The molecule has 1 aromatic heterocycles. The third kappa shape index (κ3) is 5.08. The maximum atomic E-state index is 13.3. The third-order valence-electron chi connectivity index (χ3n) is 4.85. The number of aromatic nitrogens is 1. The molecule has 1 aliphatic heterocycles. The highest BCUT2D eigenvalue weighted by molar-refractivity contribution is 6.33. The number of nitrogens with two attached hydrogens (primary N) is 1. The maximum absolute atomic E-state index is 13.3. The summed E-state index contributed by atoms with van der Waals surface area (Å²) in [4.78, 5) is 28.5. The number of benzene rings is 1. The number of carbonyl (C=O) groups is 1. The van der Waals surface area contributed by atoms with Crippen molar-refractivity contribution in [3.05, 3.63) is 62.4 Å². The van der Waals surface area contributed by atoms with E-state index in [-0.39, 0.29) is 22.3 Å². The molecule has 0 aliphatic carbocycles. The lowest BCUT2D eigenvalue weighted by atomic mass is 9.96. The number of halogens is 3. The Labute approximate surface area is 165 Å². The number of nitrogens with one attached hydrogen (secondary N) is 2. The number of rotatable bonds is 5. The van der Waals surface area contributed by atoms with Gasteiger partial charge in [-0.2, -0.15) is 0 Å². The normalized spacial score (nSPS) is 15.5. The van der Waals surface area contributed by atoms with Crippen LogP contribution in [0.25, 0.3) is 0 Å². The van der Waals surface area contributed by atoms with E-state index in [1.165, 1.54) is 18.2 Å². The SMILES string of the molecule is Nc1[nH]c(=O)c(C(=O)NCC2CCN(Cc3cc(F)cc(F)c3)CC2)cc1Cl. The van der Waals surface area contributed by atoms with Crippen LogP contribution in [0.15, 0.2) is 29.1 Å². The highest BCUT2D eigenvalue weighted by Crippen LogP contribution is 2.20. The van der Waals surface area contributed by atoms with Crippen molar-refractivity contribution in [2.24, 2.45) is 5.92 Å². The van der Waals surface area contributed by atoms with E-state index in [9.17, 15) is 18.4 Å². The molecule has 2 aromatic rings. The van der Waals surface area contributed by atoms with Crippen LogP contribution in [0, 0.1) is 17.6 Å². The Kier molecular flexibility index (Phi) is 6.31. The van der Waals surface area contributed by atoms with Crippen LogP contribution in [0.5, 0.6) is 0 Å². The van der Waals surface area contributed by atoms with Gasteiger partial charge in [0.2, 0.25) is 0 Å². The van der Waals surface area contributed by atoms with Crippen molar-refractivity contribution in [3.8, 4) is 0 Å². The molecule has 1 aromatic carbocycles. The van der Waals surface area contributed by atoms with E-state index < -0.39 is 23.1 Å². The molecule has 4 N–H and O–H groups in total. The molecule has 1 saturated heterocycles. The standard InChI is InChI=1S/C19H21ClF2N4O2/c20-16-8-15(19(28)25-17(16)23)18(27)24-9-11-1-3-26(4-2-11)10-12-5-13(21)7-14(22)6-12/h5-8,11H,1-4,9-10H2,(H,24,27)(H3,23,25,28). The van der Waals surface area contributed by atoms with Crippen LogP contribution < -0.4 is 16.6 Å². The molecular weight excluding hydrogens is 390 g/mol. The minimum Gasteiger partial charge on any atom is -0.384 e. The molecular formula is C19H21ClF2N4O2. The number of carbonyl (C=O) groups excluding carboxylic acids is 1. The van der Waals surface area contributed by atoms with Gasteiger partial charge in [-0.3, -0.25) is 14.5 Å². The Bertz CT molecular complexity index is 906. The van der Waals surface area contributed by atoms with E-state index in [2.05, 4.69) is 15.2 Å². The predicted molar refractivity (Wildman–Crippen MR) is 103 cm³/mol. The fourth-order valence-electron chi connectivity index (χ4n) is 3.33. The van der Waals surface area contributed by atoms with Crippen LogP contribution in [-0.4, -0.2) is 35.4 Å². The number of anilines is 1. The van der Waals surface area contributed by atoms with Crippen molar-refractivity contribution in [2.75, 3.05) is 25.4 Å². The first-order valence-corrected chi connectivity index (χ1v) is 9.33. The van der Waals surface area contributed by atoms with Crippen LogP contribution in [0.2, 0.25) is 5.02 Å². The van der Waals surface area contributed by atoms with Gasteiger partial charge in [0.15, 0.2) is 0 Å². The molecule has 1 fully saturated rings. The number of hydrogen-bond acceptors (Lipinski definition) is 4. The van der Waals surface area contributed by atoms with Gasteiger partial charge in [0.25, 0.3) is 11.5 Å². The first-order chi connectivity index (χ1) is 13.3. The second-order valence-electron chi connectivity index (χ2n) is 6.98. The lowest BCUT2D eigenvalue weighted by Gasteiger charge is -2.32. The van der Waals surface area contributed by atoms with Gasteiger partial charge in [0.1, 0.15) is 23.0 Å². The Morgan fingerprint density at radius 2 is 1.86 bits per heavy atom. The van der Waals surface area contributed by atoms with E-state index >= 15 is 0 Å². The molecule has 0 saturated carbocycles. The third-order valence-corrected chi connectivity index (χ3v) is 5.17. The van der Waals surface area contributed by atoms with Crippen LogP contribution in [-0.2, 0) is 6.54 Å². The van der Waals surface area contributed by atoms with Crippen molar-refractivity contribution < 1.29 is 13.6 Å². The Hall–Kier alpha value is -2.45. The van der Waals surface area contributed by atoms with Gasteiger partial charge in [0.05, 0.1) is 5.02 Å². The topological polar surface area (TPSA) is 91.2 Å². The summed E-state index contributed by atoms with van der Waals surface area (Å²) in [7, 11) is 0. The van der Waals surface area contributed by atoms with Gasteiger partial charge in [0, 0.05) is 19.2 Å². The molecule has 0 unspecified atom stereocenters. The summed E-state index contributed by atoms with van der Waals surface area (Å²) in [5.41, 5.74) is 5.44. The smallest absolute Gasteiger partial charge is 0.262 e. The van der Waals surface area contributed by atoms with Gasteiger partial charge < -0.3 is 16.0 Å². The summed E-state index contributed by atoms with van der Waals surface area (Å²) in [5, 5.41) is 2.88. The molecule has 150 valence electrons. The molecule has 9 heteroatoms. The number of nitrogen functional groups attached to an aromatic ring is 1. The minimum absolute atomic E-state index is 0.0220. The zero-order valence-electron chi connectivity index (χ0n) is 15.1. The number of amides is 1. The van der Waals surface area contributed by atoms with Gasteiger partial charge >= 0.3 is 0 Å². The molecule has 0 atom stereocenters. The van der Waals surface area contributed by atoms with Crippen LogP contribution in [0.3, 0.4) is 0 Å². The first kappa shape index (κ1) is 20.3. The lowest BCUT2D eigenvalue weighted by Crippen LogP contribution is -2.39. The number of nitrogens with zero attached hydrogens (tertiary/aromatic N) is 1. The summed E-state index contributed by atoms with van der Waals surface area (Å²) >= 11 is 5.85. The van der Waals surface area contributed by atoms with Crippen molar-refractivity contribution in [1.82, 2.24) is 15.2 Å². The maximum Gasteiger partial charge on any atom is 0.262 e. The molecule has 1 amide bonds. The van der Waals surface area contributed by atoms with E-state index in [0.29, 0.717) is 18.7 Å². The average molecular weight is 411 g/mol. The molecule has 28 heavy (non-hydrogen) atoms. The number of H-pyrrole nitrogens is 1. The predicted octanol–water partition coefficient (Wildman–Crippen LogP) is 2.53. The number of likely N-dealkylation sites (tertiary alicyclic amines) is 1. The highest BCUT2D eigenvalue weighted by atomic mass is 35.5. The summed E-state index contributed by atoms with van der Waals surface area (Å²) in [6.45, 7) is 2.43.